The molecule has 6 nitrogen and oxygen atoms in total. The molecular formula is C24H26F3N5O. The van der Waals surface area contributed by atoms with E-state index in [0.29, 0.717) is 17.8 Å². The molecule has 174 valence electrons. The molecule has 1 aliphatic rings. The van der Waals surface area contributed by atoms with Gasteiger partial charge in [-0.15, -0.1) is 0 Å². The van der Waals surface area contributed by atoms with E-state index in [4.69, 9.17) is 0 Å². The zero-order valence-corrected chi connectivity index (χ0v) is 18.3. The van der Waals surface area contributed by atoms with Crippen molar-refractivity contribution in [2.75, 3.05) is 44.2 Å². The first kappa shape index (κ1) is 22.8. The van der Waals surface area contributed by atoms with Gasteiger partial charge in [0.15, 0.2) is 5.69 Å². The van der Waals surface area contributed by atoms with Crippen molar-refractivity contribution in [1.82, 2.24) is 20.0 Å². The summed E-state index contributed by atoms with van der Waals surface area (Å²) in [5.41, 5.74) is 0.564. The Labute approximate surface area is 190 Å². The fraction of sp³-hybridized carbons (Fsp3) is 0.333. The first-order valence-electron chi connectivity index (χ1n) is 10.9. The minimum absolute atomic E-state index is 0.261. The van der Waals surface area contributed by atoms with E-state index in [2.05, 4.69) is 32.3 Å². The third-order valence-electron chi connectivity index (χ3n) is 5.83. The Morgan fingerprint density at radius 3 is 2.33 bits per heavy atom. The molecule has 1 fully saturated rings. The number of nitrogens with zero attached hydrogens (tertiary/aromatic N) is 4. The first-order chi connectivity index (χ1) is 15.8. The van der Waals surface area contributed by atoms with Gasteiger partial charge in [-0.2, -0.15) is 18.3 Å². The molecule has 3 aromatic rings. The lowest BCUT2D eigenvalue weighted by atomic mass is 10.1. The molecule has 4 rings (SSSR count). The van der Waals surface area contributed by atoms with Gasteiger partial charge in [-0.05, 0) is 30.7 Å². The summed E-state index contributed by atoms with van der Waals surface area (Å²) in [6.45, 7) is 5.90. The summed E-state index contributed by atoms with van der Waals surface area (Å²) in [6.07, 6.45) is -3.73. The molecule has 0 bridgehead atoms. The molecule has 33 heavy (non-hydrogen) atoms. The molecule has 1 amide bonds. The molecule has 1 aliphatic heterocycles. The Balaban J connectivity index is 1.37. The van der Waals surface area contributed by atoms with Crippen LogP contribution < -0.4 is 10.2 Å². The second-order valence-corrected chi connectivity index (χ2v) is 8.02. The van der Waals surface area contributed by atoms with E-state index in [-0.39, 0.29) is 6.54 Å². The van der Waals surface area contributed by atoms with Gasteiger partial charge in [0.05, 0.1) is 17.4 Å². The summed E-state index contributed by atoms with van der Waals surface area (Å²) in [6, 6.07) is 16.8. The fourth-order valence-corrected chi connectivity index (χ4v) is 4.06. The summed E-state index contributed by atoms with van der Waals surface area (Å²) >= 11 is 0. The Hall–Kier alpha value is -3.33. The van der Waals surface area contributed by atoms with Crippen molar-refractivity contribution in [3.05, 3.63) is 77.6 Å². The molecule has 0 radical (unpaired) electrons. The second kappa shape index (κ2) is 9.66. The zero-order chi connectivity index (χ0) is 23.4. The Morgan fingerprint density at radius 2 is 1.67 bits per heavy atom. The van der Waals surface area contributed by atoms with Crippen molar-refractivity contribution in [2.24, 2.45) is 0 Å². The summed E-state index contributed by atoms with van der Waals surface area (Å²) in [4.78, 5) is 17.1. The molecule has 1 saturated heterocycles. The molecule has 1 N–H and O–H groups in total. The van der Waals surface area contributed by atoms with Crippen molar-refractivity contribution in [3.63, 3.8) is 0 Å². The maximum absolute atomic E-state index is 13.9. The smallest absolute Gasteiger partial charge is 0.369 e. The number of piperazine rings is 1. The van der Waals surface area contributed by atoms with Crippen molar-refractivity contribution in [2.45, 2.75) is 13.1 Å². The van der Waals surface area contributed by atoms with Crippen molar-refractivity contribution in [1.29, 1.82) is 0 Å². The Bertz CT molecular complexity index is 1090. The van der Waals surface area contributed by atoms with Crippen LogP contribution in [0.5, 0.6) is 0 Å². The minimum Gasteiger partial charge on any atom is -0.369 e. The second-order valence-electron chi connectivity index (χ2n) is 8.02. The predicted molar refractivity (Wildman–Crippen MR) is 121 cm³/mol. The van der Waals surface area contributed by atoms with Gasteiger partial charge in [0.25, 0.3) is 5.91 Å². The van der Waals surface area contributed by atoms with Crippen LogP contribution in [0.2, 0.25) is 0 Å². The van der Waals surface area contributed by atoms with Crippen LogP contribution in [0.3, 0.4) is 0 Å². The highest BCUT2D eigenvalue weighted by atomic mass is 19.4. The number of benzene rings is 2. The molecule has 0 atom stereocenters. The summed E-state index contributed by atoms with van der Waals surface area (Å²) in [7, 11) is 0. The first-order valence-corrected chi connectivity index (χ1v) is 10.9. The van der Waals surface area contributed by atoms with Crippen LogP contribution >= 0.6 is 0 Å². The predicted octanol–water partition coefficient (Wildman–Crippen LogP) is 3.75. The summed E-state index contributed by atoms with van der Waals surface area (Å²) in [5, 5.41) is 6.52. The van der Waals surface area contributed by atoms with E-state index in [1.807, 2.05) is 18.2 Å². The summed E-state index contributed by atoms with van der Waals surface area (Å²) in [5.74, 6) is -0.773. The average molecular weight is 458 g/mol. The van der Waals surface area contributed by atoms with E-state index in [1.165, 1.54) is 5.69 Å². The van der Waals surface area contributed by atoms with Crippen LogP contribution in [0.25, 0.3) is 5.69 Å². The number of aromatic nitrogens is 2. The number of carbonyl (C=O) groups is 1. The van der Waals surface area contributed by atoms with Gasteiger partial charge in [-0.1, -0.05) is 36.4 Å². The van der Waals surface area contributed by atoms with Crippen LogP contribution in [0, 0.1) is 6.92 Å². The Morgan fingerprint density at radius 1 is 1.00 bits per heavy atom. The van der Waals surface area contributed by atoms with Crippen molar-refractivity contribution < 1.29 is 18.0 Å². The number of para-hydroxylation sites is 2. The van der Waals surface area contributed by atoms with E-state index >= 15 is 0 Å². The molecule has 0 aliphatic carbocycles. The van der Waals surface area contributed by atoms with E-state index < -0.39 is 23.3 Å². The molecule has 0 saturated carbocycles. The molecule has 9 heteroatoms. The van der Waals surface area contributed by atoms with Gasteiger partial charge in [0.2, 0.25) is 0 Å². The van der Waals surface area contributed by atoms with Crippen LogP contribution in [-0.2, 0) is 6.18 Å². The van der Waals surface area contributed by atoms with Gasteiger partial charge in [-0.25, -0.2) is 4.68 Å². The maximum atomic E-state index is 13.9. The quantitative estimate of drug-likeness (QED) is 0.613. The number of rotatable bonds is 6. The van der Waals surface area contributed by atoms with E-state index in [0.717, 1.165) is 37.1 Å². The number of alkyl halides is 3. The minimum atomic E-state index is -4.72. The third kappa shape index (κ3) is 5.19. The highest BCUT2D eigenvalue weighted by Crippen LogP contribution is 2.34. The van der Waals surface area contributed by atoms with Crippen molar-refractivity contribution >= 4 is 11.6 Å². The fourth-order valence-electron chi connectivity index (χ4n) is 4.06. The van der Waals surface area contributed by atoms with Crippen LogP contribution in [0.1, 0.15) is 21.6 Å². The number of aryl methyl sites for hydroxylation is 1. The van der Waals surface area contributed by atoms with Gasteiger partial charge in [-0.3, -0.25) is 9.69 Å². The Kier molecular flexibility index (Phi) is 6.69. The molecule has 2 heterocycles. The number of carbonyl (C=O) groups excluding carboxylic acids is 1. The topological polar surface area (TPSA) is 53.4 Å². The van der Waals surface area contributed by atoms with Crippen LogP contribution in [0.15, 0.2) is 60.8 Å². The average Bonchev–Trinajstić information content (AvgIpc) is 3.26. The number of halogens is 3. The zero-order valence-electron chi connectivity index (χ0n) is 18.3. The third-order valence-corrected chi connectivity index (χ3v) is 5.83. The number of amides is 1. The van der Waals surface area contributed by atoms with Gasteiger partial charge in [0, 0.05) is 45.0 Å². The highest BCUT2D eigenvalue weighted by molar-refractivity contribution is 5.95. The van der Waals surface area contributed by atoms with Gasteiger partial charge < -0.3 is 10.2 Å². The maximum Gasteiger partial charge on any atom is 0.434 e. The SMILES string of the molecule is Cc1ccccc1-n1ncc(C(=O)NCCN2CCN(c3ccccc3)CC2)c1C(F)(F)F. The van der Waals surface area contributed by atoms with E-state index in [1.54, 1.807) is 31.2 Å². The number of hydrogen-bond donors (Lipinski definition) is 1. The van der Waals surface area contributed by atoms with E-state index in [9.17, 15) is 18.0 Å². The number of nitrogens with one attached hydrogen (secondary N) is 1. The van der Waals surface area contributed by atoms with Gasteiger partial charge in [0.1, 0.15) is 0 Å². The molecule has 0 spiro atoms. The lowest BCUT2D eigenvalue weighted by molar-refractivity contribution is -0.143. The number of anilines is 1. The standard InChI is InChI=1S/C24H26F3N5O/c1-18-7-5-6-10-21(18)32-22(24(25,26)27)20(17-29-32)23(33)28-11-12-30-13-15-31(16-14-30)19-8-3-2-4-9-19/h2-10,17H,11-16H2,1H3,(H,28,33). The molecule has 0 unspecified atom stereocenters. The molecular weight excluding hydrogens is 431 g/mol. The molecule has 1 aromatic heterocycles. The lowest BCUT2D eigenvalue weighted by Crippen LogP contribution is -2.48. The normalized spacial score (nSPS) is 15.0. The lowest BCUT2D eigenvalue weighted by Gasteiger charge is -2.36. The summed E-state index contributed by atoms with van der Waals surface area (Å²) < 4.78 is 42.4. The van der Waals surface area contributed by atoms with Gasteiger partial charge >= 0.3 is 6.18 Å². The highest BCUT2D eigenvalue weighted by Gasteiger charge is 2.40. The monoisotopic (exact) mass is 457 g/mol. The van der Waals surface area contributed by atoms with Crippen LogP contribution in [0.4, 0.5) is 18.9 Å². The molecule has 2 aromatic carbocycles. The number of hydrogen-bond acceptors (Lipinski definition) is 4. The van der Waals surface area contributed by atoms with Crippen LogP contribution in [-0.4, -0.2) is 59.9 Å². The largest absolute Gasteiger partial charge is 0.434 e. The van der Waals surface area contributed by atoms with Crippen molar-refractivity contribution in [3.8, 4) is 5.69 Å².